The summed E-state index contributed by atoms with van der Waals surface area (Å²) in [6.45, 7) is 6.05. The molecule has 1 aliphatic rings. The summed E-state index contributed by atoms with van der Waals surface area (Å²) in [5, 5.41) is 3.65. The molecule has 0 bridgehead atoms. The first-order valence-corrected chi connectivity index (χ1v) is 6.58. The molecule has 1 fully saturated rings. The average molecular weight is 234 g/mol. The van der Waals surface area contributed by atoms with E-state index < -0.39 is 0 Å². The summed E-state index contributed by atoms with van der Waals surface area (Å²) >= 11 is 0. The fourth-order valence-electron chi connectivity index (χ4n) is 2.45. The van der Waals surface area contributed by atoms with E-state index in [9.17, 15) is 0 Å². The number of nitrogens with one attached hydrogen (secondary N) is 1. The highest BCUT2D eigenvalue weighted by molar-refractivity contribution is 5.29. The van der Waals surface area contributed by atoms with Crippen molar-refractivity contribution in [2.75, 3.05) is 13.2 Å². The van der Waals surface area contributed by atoms with Crippen LogP contribution in [0.1, 0.15) is 45.1 Å². The lowest BCUT2D eigenvalue weighted by Crippen LogP contribution is -2.38. The number of hydrogen-bond donors (Lipinski definition) is 1. The van der Waals surface area contributed by atoms with Crippen molar-refractivity contribution in [3.05, 3.63) is 24.0 Å². The van der Waals surface area contributed by atoms with E-state index in [4.69, 9.17) is 4.74 Å². The molecule has 1 aromatic rings. The molecule has 2 rings (SSSR count). The van der Waals surface area contributed by atoms with Gasteiger partial charge in [-0.1, -0.05) is 12.8 Å². The maximum absolute atomic E-state index is 5.52. The van der Waals surface area contributed by atoms with Gasteiger partial charge in [0.1, 0.15) is 5.75 Å². The number of nitrogens with zero attached hydrogens (tertiary/aromatic N) is 1. The number of pyridine rings is 1. The van der Waals surface area contributed by atoms with Gasteiger partial charge in [-0.05, 0) is 44.9 Å². The molecule has 1 aromatic heterocycles. The second-order valence-corrected chi connectivity index (χ2v) is 4.91. The molecular weight excluding hydrogens is 212 g/mol. The molecule has 3 heteroatoms. The van der Waals surface area contributed by atoms with E-state index in [0.717, 1.165) is 12.3 Å². The third kappa shape index (κ3) is 2.97. The molecule has 0 aliphatic carbocycles. The first-order valence-electron chi connectivity index (χ1n) is 6.58. The van der Waals surface area contributed by atoms with Crippen LogP contribution in [0.5, 0.6) is 5.75 Å². The number of rotatable bonds is 3. The van der Waals surface area contributed by atoms with E-state index in [1.807, 2.05) is 13.1 Å². The van der Waals surface area contributed by atoms with Gasteiger partial charge in [-0.2, -0.15) is 0 Å². The van der Waals surface area contributed by atoms with Crippen molar-refractivity contribution in [1.82, 2.24) is 10.3 Å². The Morgan fingerprint density at radius 2 is 2.24 bits per heavy atom. The Morgan fingerprint density at radius 1 is 1.35 bits per heavy atom. The third-order valence-electron chi connectivity index (χ3n) is 3.53. The summed E-state index contributed by atoms with van der Waals surface area (Å²) in [5.41, 5.74) is 1.29. The zero-order valence-electron chi connectivity index (χ0n) is 10.8. The van der Waals surface area contributed by atoms with E-state index >= 15 is 0 Å². The van der Waals surface area contributed by atoms with Crippen LogP contribution < -0.4 is 10.1 Å². The number of aromatic nitrogens is 1. The summed E-state index contributed by atoms with van der Waals surface area (Å²) in [6.07, 6.45) is 8.79. The smallest absolute Gasteiger partial charge is 0.137 e. The van der Waals surface area contributed by atoms with Crippen molar-refractivity contribution in [2.24, 2.45) is 0 Å². The topological polar surface area (TPSA) is 34.1 Å². The summed E-state index contributed by atoms with van der Waals surface area (Å²) in [7, 11) is 0. The highest BCUT2D eigenvalue weighted by Gasteiger charge is 2.27. The Bertz CT molecular complexity index is 357. The first kappa shape index (κ1) is 12.4. The van der Waals surface area contributed by atoms with Crippen LogP contribution >= 0.6 is 0 Å². The van der Waals surface area contributed by atoms with Crippen LogP contribution in [-0.2, 0) is 5.54 Å². The Balaban J connectivity index is 2.21. The zero-order valence-corrected chi connectivity index (χ0v) is 10.8. The number of hydrogen-bond acceptors (Lipinski definition) is 3. The van der Waals surface area contributed by atoms with Gasteiger partial charge in [-0.3, -0.25) is 4.98 Å². The van der Waals surface area contributed by atoms with Crippen LogP contribution in [0.25, 0.3) is 0 Å². The van der Waals surface area contributed by atoms with E-state index in [1.54, 1.807) is 6.20 Å². The van der Waals surface area contributed by atoms with Crippen molar-refractivity contribution in [1.29, 1.82) is 0 Å². The Hall–Kier alpha value is -1.09. The zero-order chi connectivity index (χ0) is 12.1. The predicted octanol–water partition coefficient (Wildman–Crippen LogP) is 2.86. The Morgan fingerprint density at radius 3 is 3.06 bits per heavy atom. The highest BCUT2D eigenvalue weighted by Crippen LogP contribution is 2.30. The quantitative estimate of drug-likeness (QED) is 0.873. The molecule has 2 heterocycles. The summed E-state index contributed by atoms with van der Waals surface area (Å²) in [4.78, 5) is 4.29. The van der Waals surface area contributed by atoms with Crippen LogP contribution in [0.2, 0.25) is 0 Å². The molecular formula is C14H22N2O. The molecule has 0 aromatic carbocycles. The molecule has 17 heavy (non-hydrogen) atoms. The molecule has 0 amide bonds. The fourth-order valence-corrected chi connectivity index (χ4v) is 2.45. The van der Waals surface area contributed by atoms with Crippen molar-refractivity contribution in [3.8, 4) is 5.75 Å². The number of ether oxygens (including phenoxy) is 1. The molecule has 0 saturated carbocycles. The maximum Gasteiger partial charge on any atom is 0.137 e. The SMILES string of the molecule is CCOc1cncc(C2(C)CCCCCN2)c1. The van der Waals surface area contributed by atoms with Crippen LogP contribution in [0.4, 0.5) is 0 Å². The van der Waals surface area contributed by atoms with Gasteiger partial charge < -0.3 is 10.1 Å². The molecule has 3 nitrogen and oxygen atoms in total. The van der Waals surface area contributed by atoms with Gasteiger partial charge >= 0.3 is 0 Å². The van der Waals surface area contributed by atoms with Crippen molar-refractivity contribution < 1.29 is 4.74 Å². The third-order valence-corrected chi connectivity index (χ3v) is 3.53. The van der Waals surface area contributed by atoms with Crippen molar-refractivity contribution in [2.45, 2.75) is 45.1 Å². The highest BCUT2D eigenvalue weighted by atomic mass is 16.5. The average Bonchev–Trinajstić information content (AvgIpc) is 2.56. The lowest BCUT2D eigenvalue weighted by Gasteiger charge is -2.30. The molecule has 94 valence electrons. The fraction of sp³-hybridized carbons (Fsp3) is 0.643. The van der Waals surface area contributed by atoms with E-state index in [0.29, 0.717) is 6.61 Å². The molecule has 1 N–H and O–H groups in total. The van der Waals surface area contributed by atoms with Gasteiger partial charge in [0, 0.05) is 11.7 Å². The summed E-state index contributed by atoms with van der Waals surface area (Å²) in [6, 6.07) is 2.12. The molecule has 0 spiro atoms. The molecule has 1 aliphatic heterocycles. The van der Waals surface area contributed by atoms with Crippen LogP contribution in [-0.4, -0.2) is 18.1 Å². The van der Waals surface area contributed by atoms with Crippen molar-refractivity contribution in [3.63, 3.8) is 0 Å². The molecule has 1 unspecified atom stereocenters. The standard InChI is InChI=1S/C14H22N2O/c1-3-17-13-9-12(10-15-11-13)14(2)7-5-4-6-8-16-14/h9-11,16H,3-8H2,1-2H3. The minimum atomic E-state index is 0.0522. The van der Waals surface area contributed by atoms with Gasteiger partial charge in [0.15, 0.2) is 0 Å². The lowest BCUT2D eigenvalue weighted by molar-refractivity contribution is 0.330. The van der Waals surface area contributed by atoms with Crippen molar-refractivity contribution >= 4 is 0 Å². The second-order valence-electron chi connectivity index (χ2n) is 4.91. The molecule has 1 atom stereocenters. The van der Waals surface area contributed by atoms with E-state index in [2.05, 4.69) is 23.3 Å². The minimum absolute atomic E-state index is 0.0522. The van der Waals surface area contributed by atoms with E-state index in [-0.39, 0.29) is 5.54 Å². The largest absolute Gasteiger partial charge is 0.492 e. The first-order chi connectivity index (χ1) is 8.24. The second kappa shape index (κ2) is 5.50. The van der Waals surface area contributed by atoms with Gasteiger partial charge in [0.25, 0.3) is 0 Å². The summed E-state index contributed by atoms with van der Waals surface area (Å²) in [5.74, 6) is 0.872. The predicted molar refractivity (Wildman–Crippen MR) is 69.2 cm³/mol. The van der Waals surface area contributed by atoms with Gasteiger partial charge in [0.2, 0.25) is 0 Å². The maximum atomic E-state index is 5.52. The summed E-state index contributed by atoms with van der Waals surface area (Å²) < 4.78 is 5.52. The van der Waals surface area contributed by atoms with Crippen LogP contribution in [0.15, 0.2) is 18.5 Å². The van der Waals surface area contributed by atoms with Crippen LogP contribution in [0, 0.1) is 0 Å². The minimum Gasteiger partial charge on any atom is -0.492 e. The molecule has 1 saturated heterocycles. The van der Waals surface area contributed by atoms with Gasteiger partial charge in [0.05, 0.1) is 12.8 Å². The van der Waals surface area contributed by atoms with E-state index in [1.165, 1.54) is 31.2 Å². The monoisotopic (exact) mass is 234 g/mol. The molecule has 0 radical (unpaired) electrons. The lowest BCUT2D eigenvalue weighted by atomic mass is 9.89. The Labute approximate surface area is 104 Å². The Kier molecular flexibility index (Phi) is 4.00. The van der Waals surface area contributed by atoms with Gasteiger partial charge in [-0.15, -0.1) is 0 Å². The van der Waals surface area contributed by atoms with Crippen LogP contribution in [0.3, 0.4) is 0 Å². The normalized spacial score (nSPS) is 25.3. The van der Waals surface area contributed by atoms with Gasteiger partial charge in [-0.25, -0.2) is 0 Å².